The van der Waals surface area contributed by atoms with Crippen LogP contribution >= 0.6 is 0 Å². The first-order valence-corrected chi connectivity index (χ1v) is 11.5. The summed E-state index contributed by atoms with van der Waals surface area (Å²) in [4.78, 5) is 11.4. The second kappa shape index (κ2) is 10.2. The van der Waals surface area contributed by atoms with Crippen molar-refractivity contribution >= 4 is 14.3 Å². The number of carbonyl (C=O) groups is 1. The third-order valence-corrected chi connectivity index (χ3v) is 9.23. The second-order valence-electron chi connectivity index (χ2n) is 7.96. The van der Waals surface area contributed by atoms with Gasteiger partial charge in [-0.2, -0.15) is 0 Å². The summed E-state index contributed by atoms with van der Waals surface area (Å²) in [5, 5.41) is 10.3. The Labute approximate surface area is 149 Å². The van der Waals surface area contributed by atoms with Crippen molar-refractivity contribution in [1.29, 1.82) is 0 Å². The maximum Gasteiger partial charge on any atom is 0.308 e. The molecule has 24 heavy (non-hydrogen) atoms. The molecular formula is C19H36O4Si. The summed E-state index contributed by atoms with van der Waals surface area (Å²) < 4.78 is 11.1. The molecule has 5 heteroatoms. The summed E-state index contributed by atoms with van der Waals surface area (Å²) in [5.74, 6) is -0.392. The molecule has 0 bridgehead atoms. The van der Waals surface area contributed by atoms with Crippen molar-refractivity contribution in [2.24, 2.45) is 0 Å². The maximum atomic E-state index is 11.4. The van der Waals surface area contributed by atoms with E-state index in [1.165, 1.54) is 12.7 Å². The molecule has 4 nitrogen and oxygen atoms in total. The van der Waals surface area contributed by atoms with Crippen LogP contribution in [0, 0.1) is 0 Å². The van der Waals surface area contributed by atoms with Gasteiger partial charge in [-0.1, -0.05) is 45.1 Å². The molecule has 0 aliphatic carbocycles. The summed E-state index contributed by atoms with van der Waals surface area (Å²) in [6, 6.07) is 0. The molecule has 0 aromatic heterocycles. The number of aliphatic hydroxyl groups is 1. The average Bonchev–Trinajstić information content (AvgIpc) is 2.43. The minimum absolute atomic E-state index is 0.00927. The molecule has 0 aromatic carbocycles. The molecule has 0 spiro atoms. The number of rotatable bonds is 10. The zero-order valence-corrected chi connectivity index (χ0v) is 17.5. The van der Waals surface area contributed by atoms with E-state index in [9.17, 15) is 9.90 Å². The SMILES string of the molecule is C=C/C=C(\C)CC[C@H](C[C@H](O)CC(=O)OC)O[Si](C)(C)C(C)(C)C. The van der Waals surface area contributed by atoms with E-state index in [1.807, 2.05) is 6.08 Å². The molecule has 0 radical (unpaired) electrons. The van der Waals surface area contributed by atoms with Crippen LogP contribution < -0.4 is 0 Å². The molecule has 0 saturated carbocycles. The Balaban J connectivity index is 4.98. The summed E-state index contributed by atoms with van der Waals surface area (Å²) in [6.45, 7) is 16.8. The lowest BCUT2D eigenvalue weighted by Crippen LogP contribution is -2.44. The highest BCUT2D eigenvalue weighted by Crippen LogP contribution is 2.38. The minimum atomic E-state index is -1.94. The molecule has 0 unspecified atom stereocenters. The molecule has 140 valence electrons. The van der Waals surface area contributed by atoms with Crippen molar-refractivity contribution in [3.05, 3.63) is 24.3 Å². The van der Waals surface area contributed by atoms with Gasteiger partial charge in [-0.3, -0.25) is 4.79 Å². The van der Waals surface area contributed by atoms with Crippen LogP contribution in [0.25, 0.3) is 0 Å². The van der Waals surface area contributed by atoms with Gasteiger partial charge in [0.15, 0.2) is 8.32 Å². The van der Waals surface area contributed by atoms with Gasteiger partial charge in [-0.25, -0.2) is 0 Å². The molecule has 0 saturated heterocycles. The number of methoxy groups -OCH3 is 1. The Hall–Kier alpha value is -0.913. The lowest BCUT2D eigenvalue weighted by molar-refractivity contribution is -0.143. The largest absolute Gasteiger partial charge is 0.469 e. The minimum Gasteiger partial charge on any atom is -0.469 e. The molecule has 2 atom stereocenters. The smallest absolute Gasteiger partial charge is 0.308 e. The Morgan fingerprint density at radius 1 is 1.33 bits per heavy atom. The summed E-state index contributed by atoms with van der Waals surface area (Å²) in [5.41, 5.74) is 1.23. The van der Waals surface area contributed by atoms with Crippen molar-refractivity contribution in [3.8, 4) is 0 Å². The molecule has 0 aliphatic heterocycles. The van der Waals surface area contributed by atoms with E-state index in [4.69, 9.17) is 4.43 Å². The standard InChI is InChI=1S/C19H36O4Si/c1-9-10-15(2)11-12-17(13-16(20)14-18(21)22-6)23-24(7,8)19(3,4)5/h9-10,16-17,20H,1,11-14H2,2-8H3/b15-10+/t16-,17+/m0/s1. The van der Waals surface area contributed by atoms with Gasteiger partial charge in [0.2, 0.25) is 0 Å². The Kier molecular flexibility index (Phi) is 9.78. The monoisotopic (exact) mass is 356 g/mol. The van der Waals surface area contributed by atoms with Crippen molar-refractivity contribution < 1.29 is 19.1 Å². The second-order valence-corrected chi connectivity index (χ2v) is 12.7. The fourth-order valence-electron chi connectivity index (χ4n) is 2.15. The van der Waals surface area contributed by atoms with Gasteiger partial charge in [0.05, 0.1) is 19.6 Å². The number of carbonyl (C=O) groups excluding carboxylic acids is 1. The Morgan fingerprint density at radius 2 is 1.92 bits per heavy atom. The maximum absolute atomic E-state index is 11.4. The topological polar surface area (TPSA) is 55.8 Å². The van der Waals surface area contributed by atoms with Crippen LogP contribution in [0.5, 0.6) is 0 Å². The van der Waals surface area contributed by atoms with Crippen LogP contribution in [0.2, 0.25) is 18.1 Å². The zero-order chi connectivity index (χ0) is 19.0. The van der Waals surface area contributed by atoms with Crippen LogP contribution in [-0.4, -0.2) is 38.7 Å². The summed E-state index contributed by atoms with van der Waals surface area (Å²) in [6.07, 6.45) is 5.13. The van der Waals surface area contributed by atoms with Gasteiger partial charge in [-0.15, -0.1) is 0 Å². The van der Waals surface area contributed by atoms with E-state index in [0.29, 0.717) is 6.42 Å². The van der Waals surface area contributed by atoms with E-state index in [1.54, 1.807) is 6.08 Å². The molecule has 0 fully saturated rings. The van der Waals surface area contributed by atoms with Gasteiger partial charge in [0.25, 0.3) is 0 Å². The predicted octanol–water partition coefficient (Wildman–Crippen LogP) is 4.60. The fourth-order valence-corrected chi connectivity index (χ4v) is 3.55. The Morgan fingerprint density at radius 3 is 2.38 bits per heavy atom. The van der Waals surface area contributed by atoms with Crippen LogP contribution in [0.4, 0.5) is 0 Å². The first kappa shape index (κ1) is 23.1. The number of allylic oxidation sites excluding steroid dienone is 3. The third-order valence-electron chi connectivity index (χ3n) is 4.70. The van der Waals surface area contributed by atoms with E-state index >= 15 is 0 Å². The van der Waals surface area contributed by atoms with Crippen molar-refractivity contribution in [3.63, 3.8) is 0 Å². The van der Waals surface area contributed by atoms with E-state index < -0.39 is 20.4 Å². The van der Waals surface area contributed by atoms with E-state index in [0.717, 1.165) is 12.8 Å². The molecule has 1 N–H and O–H groups in total. The van der Waals surface area contributed by atoms with Crippen LogP contribution in [0.1, 0.15) is 53.4 Å². The van der Waals surface area contributed by atoms with Crippen LogP contribution in [-0.2, 0) is 14.0 Å². The normalized spacial score (nSPS) is 15.8. The highest BCUT2D eigenvalue weighted by molar-refractivity contribution is 6.74. The third kappa shape index (κ3) is 8.80. The predicted molar refractivity (Wildman–Crippen MR) is 103 cm³/mol. The highest BCUT2D eigenvalue weighted by Gasteiger charge is 2.39. The van der Waals surface area contributed by atoms with Crippen LogP contribution in [0.3, 0.4) is 0 Å². The molecule has 0 heterocycles. The number of hydrogen-bond acceptors (Lipinski definition) is 4. The number of aliphatic hydroxyl groups excluding tert-OH is 1. The lowest BCUT2D eigenvalue weighted by atomic mass is 10.0. The van der Waals surface area contributed by atoms with E-state index in [2.05, 4.69) is 52.1 Å². The first-order chi connectivity index (χ1) is 10.9. The first-order valence-electron chi connectivity index (χ1n) is 8.63. The van der Waals surface area contributed by atoms with Gasteiger partial charge >= 0.3 is 5.97 Å². The summed E-state index contributed by atoms with van der Waals surface area (Å²) in [7, 11) is -0.605. The quantitative estimate of drug-likeness (QED) is 0.353. The fraction of sp³-hybridized carbons (Fsp3) is 0.737. The van der Waals surface area contributed by atoms with Gasteiger partial charge in [0, 0.05) is 6.10 Å². The molecule has 0 rings (SSSR count). The number of hydrogen-bond donors (Lipinski definition) is 1. The van der Waals surface area contributed by atoms with Gasteiger partial charge < -0.3 is 14.3 Å². The number of ether oxygens (including phenoxy) is 1. The van der Waals surface area contributed by atoms with Crippen molar-refractivity contribution in [1.82, 2.24) is 0 Å². The van der Waals surface area contributed by atoms with Gasteiger partial charge in [-0.05, 0) is 44.3 Å². The van der Waals surface area contributed by atoms with Gasteiger partial charge in [0.1, 0.15) is 0 Å². The van der Waals surface area contributed by atoms with Crippen molar-refractivity contribution in [2.45, 2.75) is 83.7 Å². The molecule has 0 aromatic rings. The van der Waals surface area contributed by atoms with E-state index in [-0.39, 0.29) is 17.6 Å². The zero-order valence-electron chi connectivity index (χ0n) is 16.5. The number of esters is 1. The van der Waals surface area contributed by atoms with Crippen molar-refractivity contribution in [2.75, 3.05) is 7.11 Å². The van der Waals surface area contributed by atoms with Crippen LogP contribution in [0.15, 0.2) is 24.3 Å². The Bertz CT molecular complexity index is 435. The highest BCUT2D eigenvalue weighted by atomic mass is 28.4. The lowest BCUT2D eigenvalue weighted by Gasteiger charge is -2.40. The summed E-state index contributed by atoms with van der Waals surface area (Å²) >= 11 is 0. The molecular weight excluding hydrogens is 320 g/mol. The average molecular weight is 357 g/mol. The molecule has 0 amide bonds. The molecule has 0 aliphatic rings.